The summed E-state index contributed by atoms with van der Waals surface area (Å²) >= 11 is 1.33. The maximum absolute atomic E-state index is 12.3. The molecule has 1 heterocycles. The van der Waals surface area contributed by atoms with Gasteiger partial charge < -0.3 is 14.8 Å². The Hall–Kier alpha value is -2.73. The van der Waals surface area contributed by atoms with Crippen LogP contribution in [-0.2, 0) is 4.79 Å². The summed E-state index contributed by atoms with van der Waals surface area (Å²) in [6.45, 7) is 6.54. The van der Waals surface area contributed by atoms with E-state index in [1.807, 2.05) is 57.2 Å². The van der Waals surface area contributed by atoms with Gasteiger partial charge in [0.25, 0.3) is 5.91 Å². The number of amides is 1. The number of carbonyl (C=O) groups excluding carboxylic acids is 1. The van der Waals surface area contributed by atoms with Gasteiger partial charge in [-0.2, -0.15) is 0 Å². The number of nitrogens with one attached hydrogen (secondary N) is 1. The average Bonchev–Trinajstić information content (AvgIpc) is 2.98. The molecule has 3 rings (SSSR count). The molecule has 0 radical (unpaired) electrons. The molecule has 0 aromatic heterocycles. The highest BCUT2D eigenvalue weighted by Crippen LogP contribution is 2.32. The molecule has 5 nitrogen and oxygen atoms in total. The molecule has 0 aliphatic carbocycles. The van der Waals surface area contributed by atoms with Crippen molar-refractivity contribution in [2.24, 2.45) is 4.99 Å². The molecule has 1 aliphatic heterocycles. The van der Waals surface area contributed by atoms with E-state index in [0.29, 0.717) is 28.2 Å². The predicted octanol–water partition coefficient (Wildman–Crippen LogP) is 4.60. The number of rotatable bonds is 5. The van der Waals surface area contributed by atoms with Crippen molar-refractivity contribution in [1.29, 1.82) is 0 Å². The van der Waals surface area contributed by atoms with Gasteiger partial charge in [0.05, 0.1) is 24.3 Å². The number of hydrogen-bond donors (Lipinski definition) is 1. The highest BCUT2D eigenvalue weighted by atomic mass is 32.2. The molecule has 1 amide bonds. The van der Waals surface area contributed by atoms with E-state index in [9.17, 15) is 4.79 Å². The molecule has 0 spiro atoms. The van der Waals surface area contributed by atoms with Crippen molar-refractivity contribution in [2.75, 3.05) is 13.7 Å². The van der Waals surface area contributed by atoms with Crippen molar-refractivity contribution >= 4 is 34.6 Å². The Morgan fingerprint density at radius 2 is 1.96 bits per heavy atom. The molecular formula is C21H22N2O3S. The fourth-order valence-electron chi connectivity index (χ4n) is 2.72. The second-order valence-electron chi connectivity index (χ2n) is 6.11. The standard InChI is InChI=1S/C21H22N2O3S/c1-5-26-17-9-7-15(11-18(17)25-4)12-19-20(24)23-21(27-19)22-16-8-6-13(2)10-14(16)3/h6-12H,5H2,1-4H3,(H,22,23,24)/b19-12+. The van der Waals surface area contributed by atoms with E-state index >= 15 is 0 Å². The van der Waals surface area contributed by atoms with E-state index in [0.717, 1.165) is 16.8 Å². The zero-order chi connectivity index (χ0) is 19.4. The summed E-state index contributed by atoms with van der Waals surface area (Å²) in [6, 6.07) is 11.6. The molecular weight excluding hydrogens is 360 g/mol. The summed E-state index contributed by atoms with van der Waals surface area (Å²) in [6.07, 6.45) is 1.82. The van der Waals surface area contributed by atoms with Crippen LogP contribution in [0.2, 0.25) is 0 Å². The Kier molecular flexibility index (Phi) is 5.86. The van der Waals surface area contributed by atoms with Gasteiger partial charge in [-0.15, -0.1) is 0 Å². The third-order valence-corrected chi connectivity index (χ3v) is 4.92. The van der Waals surface area contributed by atoms with Crippen LogP contribution < -0.4 is 14.8 Å². The fourth-order valence-corrected chi connectivity index (χ4v) is 3.56. The van der Waals surface area contributed by atoms with Crippen LogP contribution in [0.4, 0.5) is 5.69 Å². The van der Waals surface area contributed by atoms with Gasteiger partial charge in [0.1, 0.15) is 0 Å². The summed E-state index contributed by atoms with van der Waals surface area (Å²) in [7, 11) is 1.60. The van der Waals surface area contributed by atoms with Crippen LogP contribution in [0.1, 0.15) is 23.6 Å². The molecule has 1 fully saturated rings. The Balaban J connectivity index is 1.84. The van der Waals surface area contributed by atoms with Crippen LogP contribution in [0.25, 0.3) is 6.08 Å². The number of nitrogens with zero attached hydrogens (tertiary/aromatic N) is 1. The number of thioether (sulfide) groups is 1. The zero-order valence-electron chi connectivity index (χ0n) is 15.8. The summed E-state index contributed by atoms with van der Waals surface area (Å²) in [5.74, 6) is 1.16. The summed E-state index contributed by atoms with van der Waals surface area (Å²) < 4.78 is 10.9. The van der Waals surface area contributed by atoms with Crippen LogP contribution in [0.5, 0.6) is 11.5 Å². The first-order valence-electron chi connectivity index (χ1n) is 8.68. The summed E-state index contributed by atoms with van der Waals surface area (Å²) in [4.78, 5) is 17.5. The molecule has 1 N–H and O–H groups in total. The lowest BCUT2D eigenvalue weighted by atomic mass is 10.1. The van der Waals surface area contributed by atoms with Crippen LogP contribution in [0.3, 0.4) is 0 Å². The van der Waals surface area contributed by atoms with Crippen LogP contribution in [-0.4, -0.2) is 24.8 Å². The van der Waals surface area contributed by atoms with Gasteiger partial charge in [-0.25, -0.2) is 4.99 Å². The van der Waals surface area contributed by atoms with Crippen LogP contribution >= 0.6 is 11.8 Å². The maximum Gasteiger partial charge on any atom is 0.264 e. The lowest BCUT2D eigenvalue weighted by Crippen LogP contribution is -2.19. The van der Waals surface area contributed by atoms with Crippen molar-refractivity contribution in [3.8, 4) is 11.5 Å². The zero-order valence-corrected chi connectivity index (χ0v) is 16.6. The smallest absolute Gasteiger partial charge is 0.264 e. The number of amidine groups is 1. The van der Waals surface area contributed by atoms with E-state index in [1.165, 1.54) is 17.3 Å². The molecule has 0 unspecified atom stereocenters. The Bertz CT molecular complexity index is 935. The van der Waals surface area contributed by atoms with Gasteiger partial charge in [0.2, 0.25) is 0 Å². The van der Waals surface area contributed by atoms with E-state index < -0.39 is 0 Å². The van der Waals surface area contributed by atoms with Gasteiger partial charge in [-0.3, -0.25) is 4.79 Å². The number of methoxy groups -OCH3 is 1. The average molecular weight is 382 g/mol. The summed E-state index contributed by atoms with van der Waals surface area (Å²) in [5.41, 5.74) is 3.98. The van der Waals surface area contributed by atoms with Gasteiger partial charge in [-0.1, -0.05) is 23.8 Å². The first-order chi connectivity index (χ1) is 13.0. The molecule has 0 atom stereocenters. The monoisotopic (exact) mass is 382 g/mol. The van der Waals surface area contributed by atoms with Crippen molar-refractivity contribution < 1.29 is 14.3 Å². The number of hydrogen-bond acceptors (Lipinski definition) is 5. The second kappa shape index (κ2) is 8.31. The normalized spacial score (nSPS) is 16.7. The minimum Gasteiger partial charge on any atom is -0.493 e. The van der Waals surface area contributed by atoms with Crippen molar-refractivity contribution in [3.05, 3.63) is 58.0 Å². The third kappa shape index (κ3) is 4.52. The van der Waals surface area contributed by atoms with Gasteiger partial charge in [0, 0.05) is 0 Å². The molecule has 2 aromatic carbocycles. The largest absolute Gasteiger partial charge is 0.493 e. The number of aryl methyl sites for hydroxylation is 2. The van der Waals surface area contributed by atoms with E-state index in [2.05, 4.69) is 16.4 Å². The first-order valence-corrected chi connectivity index (χ1v) is 9.49. The quantitative estimate of drug-likeness (QED) is 0.768. The lowest BCUT2D eigenvalue weighted by molar-refractivity contribution is -0.115. The Morgan fingerprint density at radius 1 is 1.15 bits per heavy atom. The van der Waals surface area contributed by atoms with Crippen LogP contribution in [0, 0.1) is 13.8 Å². The van der Waals surface area contributed by atoms with E-state index in [-0.39, 0.29) is 5.91 Å². The number of benzene rings is 2. The molecule has 0 bridgehead atoms. The van der Waals surface area contributed by atoms with Crippen LogP contribution in [0.15, 0.2) is 46.3 Å². The van der Waals surface area contributed by atoms with E-state index in [1.54, 1.807) is 7.11 Å². The minimum atomic E-state index is -0.156. The predicted molar refractivity (Wildman–Crippen MR) is 111 cm³/mol. The fraction of sp³-hybridized carbons (Fsp3) is 0.238. The van der Waals surface area contributed by atoms with Gasteiger partial charge in [0.15, 0.2) is 16.7 Å². The highest BCUT2D eigenvalue weighted by Gasteiger charge is 2.24. The topological polar surface area (TPSA) is 59.9 Å². The molecule has 1 saturated heterocycles. The van der Waals surface area contributed by atoms with Crippen molar-refractivity contribution in [3.63, 3.8) is 0 Å². The first kappa shape index (κ1) is 19.0. The van der Waals surface area contributed by atoms with Crippen molar-refractivity contribution in [2.45, 2.75) is 20.8 Å². The second-order valence-corrected chi connectivity index (χ2v) is 7.15. The Labute approximate surface area is 163 Å². The van der Waals surface area contributed by atoms with Crippen molar-refractivity contribution in [1.82, 2.24) is 5.32 Å². The Morgan fingerprint density at radius 3 is 2.67 bits per heavy atom. The van der Waals surface area contributed by atoms with Gasteiger partial charge in [-0.05, 0) is 67.9 Å². The molecule has 1 aliphatic rings. The molecule has 27 heavy (non-hydrogen) atoms. The van der Waals surface area contributed by atoms with Gasteiger partial charge >= 0.3 is 0 Å². The lowest BCUT2D eigenvalue weighted by Gasteiger charge is -2.09. The maximum atomic E-state index is 12.3. The summed E-state index contributed by atoms with van der Waals surface area (Å²) in [5, 5.41) is 3.40. The number of aliphatic imine (C=N–C) groups is 1. The molecule has 2 aromatic rings. The SMILES string of the molecule is CCOc1ccc(/C=C2/SC(=Nc3ccc(C)cc3C)NC2=O)cc1OC. The molecule has 0 saturated carbocycles. The van der Waals surface area contributed by atoms with E-state index in [4.69, 9.17) is 9.47 Å². The molecule has 140 valence electrons. The number of carbonyl (C=O) groups is 1. The molecule has 6 heteroatoms. The minimum absolute atomic E-state index is 0.156. The number of ether oxygens (including phenoxy) is 2. The third-order valence-electron chi connectivity index (χ3n) is 4.01. The highest BCUT2D eigenvalue weighted by molar-refractivity contribution is 8.18.